The van der Waals surface area contributed by atoms with Crippen molar-refractivity contribution in [3.8, 4) is 11.5 Å². The van der Waals surface area contributed by atoms with Gasteiger partial charge in [-0.2, -0.15) is 0 Å². The fraction of sp³-hybridized carbons (Fsp3) is 0.467. The van der Waals surface area contributed by atoms with E-state index in [-0.39, 0.29) is 5.91 Å². The first-order chi connectivity index (χ1) is 10.2. The number of hydrogen-bond acceptors (Lipinski definition) is 4. The summed E-state index contributed by atoms with van der Waals surface area (Å²) in [5, 5.41) is 11.6. The molecule has 0 spiro atoms. The van der Waals surface area contributed by atoms with Gasteiger partial charge in [0.1, 0.15) is 0 Å². The van der Waals surface area contributed by atoms with E-state index in [1.165, 1.54) is 0 Å². The Kier molecular flexibility index (Phi) is 3.68. The molecular weight excluding hydrogens is 274 g/mol. The number of ether oxygens (including phenoxy) is 2. The molecule has 1 aromatic carbocycles. The van der Waals surface area contributed by atoms with Crippen molar-refractivity contribution in [1.29, 1.82) is 0 Å². The third-order valence-electron chi connectivity index (χ3n) is 3.75. The van der Waals surface area contributed by atoms with Gasteiger partial charge < -0.3 is 19.9 Å². The molecule has 0 radical (unpaired) electrons. The number of fused-ring (bicyclic) bond motifs is 1. The number of carboxylic acid groups (broad SMARTS) is 1. The van der Waals surface area contributed by atoms with Crippen LogP contribution in [-0.2, 0) is 16.1 Å². The van der Waals surface area contributed by atoms with Crippen molar-refractivity contribution >= 4 is 11.9 Å². The molecule has 2 atom stereocenters. The molecule has 3 rings (SSSR count). The maximum atomic E-state index is 11.9. The molecule has 6 heteroatoms. The number of hydrogen-bond donors (Lipinski definition) is 2. The summed E-state index contributed by atoms with van der Waals surface area (Å²) in [6, 6.07) is 5.56. The third kappa shape index (κ3) is 2.94. The molecule has 2 aliphatic rings. The van der Waals surface area contributed by atoms with Gasteiger partial charge in [0, 0.05) is 18.5 Å². The molecule has 0 bridgehead atoms. The number of carboxylic acids is 1. The van der Waals surface area contributed by atoms with Gasteiger partial charge in [-0.1, -0.05) is 12.1 Å². The number of rotatable bonds is 4. The van der Waals surface area contributed by atoms with Gasteiger partial charge in [-0.25, -0.2) is 0 Å². The van der Waals surface area contributed by atoms with Crippen molar-refractivity contribution in [3.63, 3.8) is 0 Å². The minimum absolute atomic E-state index is 0.213. The van der Waals surface area contributed by atoms with Crippen molar-refractivity contribution in [2.45, 2.75) is 19.4 Å². The van der Waals surface area contributed by atoms with E-state index in [2.05, 4.69) is 5.32 Å². The predicted molar refractivity (Wildman–Crippen MR) is 73.1 cm³/mol. The van der Waals surface area contributed by atoms with Gasteiger partial charge in [0.05, 0.1) is 25.0 Å². The zero-order chi connectivity index (χ0) is 14.8. The van der Waals surface area contributed by atoms with Gasteiger partial charge in [-0.05, 0) is 12.5 Å². The standard InChI is InChI=1S/C15H17NO5/c17-14(10-7-11(10)15(18)19)16-8-9-3-1-4-12-13(9)21-6-2-5-20-12/h1,3-4,10-11H,2,5-8H2,(H,16,17)(H,18,19). The average molecular weight is 291 g/mol. The van der Waals surface area contributed by atoms with E-state index in [0.717, 1.165) is 12.0 Å². The van der Waals surface area contributed by atoms with Gasteiger partial charge in [-0.3, -0.25) is 9.59 Å². The Hall–Kier alpha value is -2.24. The number of aliphatic carboxylic acids is 1. The van der Waals surface area contributed by atoms with E-state index < -0.39 is 17.8 Å². The van der Waals surface area contributed by atoms with Crippen LogP contribution in [0.25, 0.3) is 0 Å². The first-order valence-electron chi connectivity index (χ1n) is 7.05. The molecule has 1 amide bonds. The van der Waals surface area contributed by atoms with Crippen LogP contribution in [0.3, 0.4) is 0 Å². The van der Waals surface area contributed by atoms with Crippen LogP contribution in [-0.4, -0.2) is 30.2 Å². The number of nitrogens with one attached hydrogen (secondary N) is 1. The molecule has 1 fully saturated rings. The van der Waals surface area contributed by atoms with Crippen LogP contribution in [0.2, 0.25) is 0 Å². The average Bonchev–Trinajstić information content (AvgIpc) is 3.27. The highest BCUT2D eigenvalue weighted by atomic mass is 16.5. The van der Waals surface area contributed by atoms with E-state index in [9.17, 15) is 9.59 Å². The highest BCUT2D eigenvalue weighted by Gasteiger charge is 2.48. The van der Waals surface area contributed by atoms with Crippen molar-refractivity contribution < 1.29 is 24.2 Å². The molecule has 1 heterocycles. The van der Waals surface area contributed by atoms with E-state index in [0.29, 0.717) is 37.7 Å². The second-order valence-corrected chi connectivity index (χ2v) is 5.30. The maximum Gasteiger partial charge on any atom is 0.307 e. The number of carbonyl (C=O) groups is 2. The molecule has 6 nitrogen and oxygen atoms in total. The van der Waals surface area contributed by atoms with E-state index >= 15 is 0 Å². The molecule has 1 saturated carbocycles. The zero-order valence-corrected chi connectivity index (χ0v) is 11.5. The lowest BCUT2D eigenvalue weighted by Crippen LogP contribution is -2.26. The van der Waals surface area contributed by atoms with Crippen molar-refractivity contribution in [1.82, 2.24) is 5.32 Å². The lowest BCUT2D eigenvalue weighted by molar-refractivity contribution is -0.140. The van der Waals surface area contributed by atoms with Crippen LogP contribution < -0.4 is 14.8 Å². The smallest absolute Gasteiger partial charge is 0.307 e. The lowest BCUT2D eigenvalue weighted by atomic mass is 10.1. The molecule has 0 aromatic heterocycles. The summed E-state index contributed by atoms with van der Waals surface area (Å²) < 4.78 is 11.3. The quantitative estimate of drug-likeness (QED) is 0.870. The summed E-state index contributed by atoms with van der Waals surface area (Å²) in [4.78, 5) is 22.6. The Labute approximate surface area is 122 Å². The van der Waals surface area contributed by atoms with Crippen molar-refractivity contribution in [2.24, 2.45) is 11.8 Å². The van der Waals surface area contributed by atoms with Crippen LogP contribution in [0.15, 0.2) is 18.2 Å². The Balaban J connectivity index is 1.63. The van der Waals surface area contributed by atoms with Gasteiger partial charge in [0.15, 0.2) is 11.5 Å². The second-order valence-electron chi connectivity index (χ2n) is 5.30. The van der Waals surface area contributed by atoms with Gasteiger partial charge in [0.2, 0.25) is 5.91 Å². The molecule has 2 N–H and O–H groups in total. The summed E-state index contributed by atoms with van der Waals surface area (Å²) >= 11 is 0. The van der Waals surface area contributed by atoms with Crippen molar-refractivity contribution in [2.75, 3.05) is 13.2 Å². The van der Waals surface area contributed by atoms with Crippen LogP contribution in [0.1, 0.15) is 18.4 Å². The van der Waals surface area contributed by atoms with Crippen LogP contribution in [0.5, 0.6) is 11.5 Å². The van der Waals surface area contributed by atoms with E-state index in [1.54, 1.807) is 0 Å². The van der Waals surface area contributed by atoms with Gasteiger partial charge in [-0.15, -0.1) is 0 Å². The molecule has 1 aromatic rings. The van der Waals surface area contributed by atoms with Crippen LogP contribution in [0.4, 0.5) is 0 Å². The summed E-state index contributed by atoms with van der Waals surface area (Å²) in [5.74, 6) is -0.690. The first kappa shape index (κ1) is 13.7. The highest BCUT2D eigenvalue weighted by molar-refractivity contribution is 5.89. The molecule has 112 valence electrons. The fourth-order valence-electron chi connectivity index (χ4n) is 2.46. The number of benzene rings is 1. The molecule has 2 unspecified atom stereocenters. The lowest BCUT2D eigenvalue weighted by Gasteiger charge is -2.13. The predicted octanol–water partition coefficient (Wildman–Crippen LogP) is 1.18. The maximum absolute atomic E-state index is 11.9. The van der Waals surface area contributed by atoms with Crippen LogP contribution >= 0.6 is 0 Å². The molecule has 1 aliphatic heterocycles. The fourth-order valence-corrected chi connectivity index (χ4v) is 2.46. The number of carbonyl (C=O) groups excluding carboxylic acids is 1. The normalized spacial score (nSPS) is 23.0. The SMILES string of the molecule is O=C(O)C1CC1C(=O)NCc1cccc2c1OCCCO2. The third-order valence-corrected chi connectivity index (χ3v) is 3.75. The topological polar surface area (TPSA) is 84.9 Å². The Morgan fingerprint density at radius 3 is 2.81 bits per heavy atom. The summed E-state index contributed by atoms with van der Waals surface area (Å²) in [6.07, 6.45) is 1.25. The number of amides is 1. The molecule has 21 heavy (non-hydrogen) atoms. The highest BCUT2D eigenvalue weighted by Crippen LogP contribution is 2.39. The minimum Gasteiger partial charge on any atom is -0.490 e. The monoisotopic (exact) mass is 291 g/mol. The second kappa shape index (κ2) is 5.63. The Morgan fingerprint density at radius 1 is 1.24 bits per heavy atom. The Morgan fingerprint density at radius 2 is 2.05 bits per heavy atom. The minimum atomic E-state index is -0.902. The first-order valence-corrected chi connectivity index (χ1v) is 7.05. The summed E-state index contributed by atoms with van der Waals surface area (Å²) in [6.45, 7) is 1.51. The van der Waals surface area contributed by atoms with Gasteiger partial charge >= 0.3 is 5.97 Å². The van der Waals surface area contributed by atoms with Crippen LogP contribution in [0, 0.1) is 11.8 Å². The van der Waals surface area contributed by atoms with E-state index in [1.807, 2.05) is 18.2 Å². The van der Waals surface area contributed by atoms with Gasteiger partial charge in [0.25, 0.3) is 0 Å². The molecule has 0 saturated heterocycles. The molecular formula is C15H17NO5. The summed E-state index contributed by atoms with van der Waals surface area (Å²) in [7, 11) is 0. The Bertz CT molecular complexity index is 571. The summed E-state index contributed by atoms with van der Waals surface area (Å²) in [5.41, 5.74) is 0.843. The molecule has 1 aliphatic carbocycles. The largest absolute Gasteiger partial charge is 0.490 e. The van der Waals surface area contributed by atoms with E-state index in [4.69, 9.17) is 14.6 Å². The van der Waals surface area contributed by atoms with Crippen molar-refractivity contribution in [3.05, 3.63) is 23.8 Å². The zero-order valence-electron chi connectivity index (χ0n) is 11.5. The number of para-hydroxylation sites is 1.